The molecule has 0 unspecified atom stereocenters. The van der Waals surface area contributed by atoms with Crippen molar-refractivity contribution in [3.8, 4) is 11.5 Å². The molecule has 1 amide bonds. The molecule has 0 bridgehead atoms. The standard InChI is InChI=1S/C43H53ClN2O7SSi/c1-11-51-41(48)32(22-28-16-13-12-14-17-28)36-25-45-37(54-36)24-35-40(47)46(26-43(5,6)27-52-55(9,10)42(2,3)4)33-21-20-29(44)23-31(33)38(53-35)30-18-15-19-34(49-7)39(30)50-8/h12-23,25,35,38H,11,24,26-27H2,1-10H3/t35-,38-/m1/s1. The van der Waals surface area contributed by atoms with Crippen molar-refractivity contribution in [3.05, 3.63) is 105 Å². The second-order valence-corrected chi connectivity index (χ2v) is 22.3. The Labute approximate surface area is 335 Å². The second kappa shape index (κ2) is 17.4. The lowest BCUT2D eigenvalue weighted by atomic mass is 9.92. The SMILES string of the molecule is CCOC(=O)C(=Cc1ccccc1)c1cnc(C[C@H]2O[C@H](c3cccc(OC)c3OC)c3cc(Cl)ccc3N(CC(C)(C)CO[Si](C)(C)C(C)(C)C)C2=O)s1. The molecule has 1 aliphatic rings. The van der Waals surface area contributed by atoms with E-state index in [0.717, 1.165) is 5.56 Å². The van der Waals surface area contributed by atoms with Crippen LogP contribution in [0.3, 0.4) is 0 Å². The molecule has 5 rings (SSSR count). The maximum Gasteiger partial charge on any atom is 0.339 e. The molecule has 55 heavy (non-hydrogen) atoms. The number of fused-ring (bicyclic) bond motifs is 1. The summed E-state index contributed by atoms with van der Waals surface area (Å²) in [7, 11) is 1.08. The van der Waals surface area contributed by atoms with Crippen molar-refractivity contribution in [3.63, 3.8) is 0 Å². The molecule has 0 saturated heterocycles. The Balaban J connectivity index is 1.59. The number of amides is 1. The summed E-state index contributed by atoms with van der Waals surface area (Å²) in [5.74, 6) is 0.344. The van der Waals surface area contributed by atoms with Crippen LogP contribution in [0.2, 0.25) is 23.2 Å². The molecule has 1 aromatic heterocycles. The molecular weight excluding hydrogens is 752 g/mol. The van der Waals surface area contributed by atoms with Gasteiger partial charge >= 0.3 is 5.97 Å². The van der Waals surface area contributed by atoms with Crippen LogP contribution in [0.4, 0.5) is 5.69 Å². The van der Waals surface area contributed by atoms with Crippen LogP contribution in [-0.2, 0) is 29.9 Å². The predicted octanol–water partition coefficient (Wildman–Crippen LogP) is 10.0. The van der Waals surface area contributed by atoms with Crippen molar-refractivity contribution in [1.82, 2.24) is 4.98 Å². The predicted molar refractivity (Wildman–Crippen MR) is 224 cm³/mol. The summed E-state index contributed by atoms with van der Waals surface area (Å²) in [6.45, 7) is 18.2. The average Bonchev–Trinajstić information content (AvgIpc) is 3.57. The van der Waals surface area contributed by atoms with E-state index in [4.69, 9.17) is 40.0 Å². The monoisotopic (exact) mass is 804 g/mol. The van der Waals surface area contributed by atoms with Crippen molar-refractivity contribution in [1.29, 1.82) is 0 Å². The molecule has 12 heteroatoms. The highest BCUT2D eigenvalue weighted by Gasteiger charge is 2.42. The maximum atomic E-state index is 15.0. The van der Waals surface area contributed by atoms with E-state index < -0.39 is 31.9 Å². The van der Waals surface area contributed by atoms with Crippen LogP contribution in [-0.4, -0.2) is 65.3 Å². The Hall–Kier alpha value is -4.00. The number of hydrogen-bond acceptors (Lipinski definition) is 9. The van der Waals surface area contributed by atoms with Crippen molar-refractivity contribution in [2.45, 2.75) is 78.3 Å². The Bertz CT molecular complexity index is 2010. The number of methoxy groups -OCH3 is 2. The first-order valence-corrected chi connectivity index (χ1v) is 22.6. The first-order valence-electron chi connectivity index (χ1n) is 18.5. The molecule has 0 aliphatic carbocycles. The van der Waals surface area contributed by atoms with E-state index in [-0.39, 0.29) is 24.0 Å². The fraction of sp³-hybridized carbons (Fsp3) is 0.419. The molecular formula is C43H53ClN2O7SSi. The summed E-state index contributed by atoms with van der Waals surface area (Å²) in [6.07, 6.45) is 1.85. The number of anilines is 1. The summed E-state index contributed by atoms with van der Waals surface area (Å²) >= 11 is 8.03. The Kier molecular flexibility index (Phi) is 13.4. The van der Waals surface area contributed by atoms with Crippen molar-refractivity contribution >= 4 is 60.5 Å². The van der Waals surface area contributed by atoms with Crippen LogP contribution in [0.1, 0.15) is 74.2 Å². The zero-order valence-electron chi connectivity index (χ0n) is 33.5. The molecule has 0 saturated carbocycles. The summed E-state index contributed by atoms with van der Waals surface area (Å²) in [6, 6.07) is 20.7. The van der Waals surface area contributed by atoms with Gasteiger partial charge in [0, 0.05) is 53.0 Å². The molecule has 0 radical (unpaired) electrons. The van der Waals surface area contributed by atoms with Crippen molar-refractivity contribution in [2.24, 2.45) is 5.41 Å². The molecule has 0 fully saturated rings. The second-order valence-electron chi connectivity index (χ2n) is 15.9. The number of halogens is 1. The van der Waals surface area contributed by atoms with Gasteiger partial charge in [0.05, 0.1) is 36.3 Å². The zero-order chi connectivity index (χ0) is 40.1. The van der Waals surface area contributed by atoms with Gasteiger partial charge in [0.1, 0.15) is 12.2 Å². The fourth-order valence-corrected chi connectivity index (χ4v) is 8.45. The molecule has 0 N–H and O–H groups in total. The van der Waals surface area contributed by atoms with Crippen molar-refractivity contribution in [2.75, 3.05) is 38.9 Å². The fourth-order valence-electron chi connectivity index (χ4n) is 6.14. The number of nitrogens with zero attached hydrogens (tertiary/aromatic N) is 2. The Morgan fingerprint density at radius 3 is 2.38 bits per heavy atom. The number of rotatable bonds is 14. The van der Waals surface area contributed by atoms with Crippen LogP contribution in [0, 0.1) is 5.41 Å². The van der Waals surface area contributed by atoms with E-state index in [2.05, 4.69) is 47.7 Å². The average molecular weight is 806 g/mol. The number of carbonyl (C=O) groups excluding carboxylic acids is 2. The number of ether oxygens (including phenoxy) is 4. The first kappa shape index (κ1) is 42.1. The summed E-state index contributed by atoms with van der Waals surface area (Å²) in [4.78, 5) is 35.4. The van der Waals surface area contributed by atoms with E-state index in [1.807, 2.05) is 65.6 Å². The lowest BCUT2D eigenvalue weighted by Crippen LogP contribution is -2.48. The van der Waals surface area contributed by atoms with E-state index in [1.54, 1.807) is 39.5 Å². The summed E-state index contributed by atoms with van der Waals surface area (Å²) < 4.78 is 30.7. The van der Waals surface area contributed by atoms with Crippen LogP contribution >= 0.6 is 22.9 Å². The minimum absolute atomic E-state index is 0.0305. The van der Waals surface area contributed by atoms with Gasteiger partial charge in [0.15, 0.2) is 19.8 Å². The zero-order valence-corrected chi connectivity index (χ0v) is 36.1. The molecule has 294 valence electrons. The van der Waals surface area contributed by atoms with E-state index >= 15 is 4.79 Å². The van der Waals surface area contributed by atoms with Gasteiger partial charge in [-0.25, -0.2) is 9.78 Å². The lowest BCUT2D eigenvalue weighted by molar-refractivity contribution is -0.136. The smallest absolute Gasteiger partial charge is 0.339 e. The largest absolute Gasteiger partial charge is 0.493 e. The van der Waals surface area contributed by atoms with Gasteiger partial charge in [-0.3, -0.25) is 4.79 Å². The normalized spacial score (nSPS) is 16.7. The van der Waals surface area contributed by atoms with Crippen LogP contribution in [0.5, 0.6) is 11.5 Å². The van der Waals surface area contributed by atoms with Gasteiger partial charge in [-0.15, -0.1) is 11.3 Å². The lowest BCUT2D eigenvalue weighted by Gasteiger charge is -2.40. The highest BCUT2D eigenvalue weighted by atomic mass is 35.5. The van der Waals surface area contributed by atoms with Gasteiger partial charge in [-0.05, 0) is 61.0 Å². The third kappa shape index (κ3) is 9.88. The van der Waals surface area contributed by atoms with Gasteiger partial charge in [0.25, 0.3) is 5.91 Å². The minimum atomic E-state index is -2.09. The van der Waals surface area contributed by atoms with Crippen LogP contribution < -0.4 is 14.4 Å². The third-order valence-corrected chi connectivity index (χ3v) is 15.9. The topological polar surface area (TPSA) is 96.4 Å². The number of para-hydroxylation sites is 1. The Morgan fingerprint density at radius 2 is 1.73 bits per heavy atom. The van der Waals surface area contributed by atoms with Gasteiger partial charge < -0.3 is 28.3 Å². The third-order valence-electron chi connectivity index (χ3n) is 10.1. The highest BCUT2D eigenvalue weighted by molar-refractivity contribution is 7.13. The van der Waals surface area contributed by atoms with Crippen LogP contribution in [0.25, 0.3) is 11.6 Å². The van der Waals surface area contributed by atoms with Gasteiger partial charge in [0.2, 0.25) is 0 Å². The summed E-state index contributed by atoms with van der Waals surface area (Å²) in [5.41, 5.74) is 2.88. The number of hydrogen-bond donors (Lipinski definition) is 0. The maximum absolute atomic E-state index is 15.0. The number of esters is 1. The molecule has 3 aromatic carbocycles. The highest BCUT2D eigenvalue weighted by Crippen LogP contribution is 2.46. The molecule has 1 aliphatic heterocycles. The minimum Gasteiger partial charge on any atom is -0.493 e. The summed E-state index contributed by atoms with van der Waals surface area (Å²) in [5, 5.41) is 1.15. The molecule has 4 aromatic rings. The molecule has 0 spiro atoms. The quantitative estimate of drug-likeness (QED) is 0.0706. The Morgan fingerprint density at radius 1 is 1.00 bits per heavy atom. The number of aromatic nitrogens is 1. The molecule has 2 heterocycles. The number of thiazole rings is 1. The van der Waals surface area contributed by atoms with E-state index in [1.165, 1.54) is 11.3 Å². The van der Waals surface area contributed by atoms with E-state index in [0.29, 0.717) is 61.9 Å². The number of benzene rings is 3. The van der Waals surface area contributed by atoms with Gasteiger partial charge in [-0.2, -0.15) is 0 Å². The molecule has 2 atom stereocenters. The van der Waals surface area contributed by atoms with Gasteiger partial charge in [-0.1, -0.05) is 88.7 Å². The first-order chi connectivity index (χ1) is 26.0. The number of carbonyl (C=O) groups is 2. The van der Waals surface area contributed by atoms with Crippen molar-refractivity contribution < 1.29 is 33.0 Å². The molecule has 9 nitrogen and oxygen atoms in total. The van der Waals surface area contributed by atoms with E-state index in [9.17, 15) is 4.79 Å². The van der Waals surface area contributed by atoms with Crippen LogP contribution in [0.15, 0.2) is 72.9 Å².